The number of rotatable bonds is 5. The number of hydrogen-bond donors (Lipinski definition) is 0. The van der Waals surface area contributed by atoms with Crippen LogP contribution in [0.3, 0.4) is 0 Å². The lowest BCUT2D eigenvalue weighted by atomic mass is 10.1. The van der Waals surface area contributed by atoms with E-state index in [1.54, 1.807) is 0 Å². The Morgan fingerprint density at radius 3 is 1.89 bits per heavy atom. The van der Waals surface area contributed by atoms with Crippen molar-refractivity contribution in [1.29, 1.82) is 0 Å². The first kappa shape index (κ1) is 12.8. The first-order valence-electron chi connectivity index (χ1n) is 6.54. The van der Waals surface area contributed by atoms with Crippen molar-refractivity contribution in [3.05, 3.63) is 71.8 Å². The maximum atomic E-state index is 2.41. The zero-order valence-corrected chi connectivity index (χ0v) is 11.2. The van der Waals surface area contributed by atoms with Crippen LogP contribution >= 0.6 is 0 Å². The average Bonchev–Trinajstić information content (AvgIpc) is 2.41. The highest BCUT2D eigenvalue weighted by Gasteiger charge is 2.09. The van der Waals surface area contributed by atoms with E-state index in [4.69, 9.17) is 0 Å². The van der Waals surface area contributed by atoms with E-state index in [1.807, 2.05) is 0 Å². The van der Waals surface area contributed by atoms with Gasteiger partial charge in [-0.2, -0.15) is 0 Å². The quantitative estimate of drug-likeness (QED) is 0.768. The molecule has 0 aliphatic heterocycles. The highest BCUT2D eigenvalue weighted by molar-refractivity contribution is 5.17. The zero-order chi connectivity index (χ0) is 12.8. The van der Waals surface area contributed by atoms with Crippen LogP contribution in [0.5, 0.6) is 0 Å². The Hall–Kier alpha value is -1.60. The van der Waals surface area contributed by atoms with Gasteiger partial charge in [-0.1, -0.05) is 60.7 Å². The molecule has 0 saturated carbocycles. The van der Waals surface area contributed by atoms with Crippen molar-refractivity contribution < 1.29 is 0 Å². The first-order valence-corrected chi connectivity index (χ1v) is 6.54. The van der Waals surface area contributed by atoms with Crippen molar-refractivity contribution >= 4 is 0 Å². The number of benzene rings is 2. The largest absolute Gasteiger partial charge is 0.299 e. The lowest BCUT2D eigenvalue weighted by Crippen LogP contribution is -2.30. The van der Waals surface area contributed by atoms with E-state index in [-0.39, 0.29) is 0 Å². The molecule has 0 fully saturated rings. The van der Waals surface area contributed by atoms with Gasteiger partial charge in [-0.3, -0.25) is 4.90 Å². The fourth-order valence-electron chi connectivity index (χ4n) is 2.14. The third-order valence-electron chi connectivity index (χ3n) is 3.40. The van der Waals surface area contributed by atoms with E-state index < -0.39 is 0 Å². The van der Waals surface area contributed by atoms with Crippen molar-refractivity contribution in [2.75, 3.05) is 7.05 Å². The summed E-state index contributed by atoms with van der Waals surface area (Å²) < 4.78 is 0. The van der Waals surface area contributed by atoms with Crippen LogP contribution in [0.1, 0.15) is 18.1 Å². The Labute approximate surface area is 110 Å². The predicted molar refractivity (Wildman–Crippen MR) is 77.5 cm³/mol. The molecule has 1 nitrogen and oxygen atoms in total. The van der Waals surface area contributed by atoms with E-state index in [2.05, 4.69) is 79.5 Å². The number of likely N-dealkylation sites (N-methyl/N-ethyl adjacent to an activating group) is 1. The molecular formula is C17H21N. The lowest BCUT2D eigenvalue weighted by Gasteiger charge is -2.24. The first-order chi connectivity index (χ1) is 8.75. The fourth-order valence-corrected chi connectivity index (χ4v) is 2.14. The Balaban J connectivity index is 1.91. The molecule has 0 bridgehead atoms. The molecule has 2 aromatic carbocycles. The molecule has 18 heavy (non-hydrogen) atoms. The smallest absolute Gasteiger partial charge is 0.0233 e. The Morgan fingerprint density at radius 1 is 0.833 bits per heavy atom. The van der Waals surface area contributed by atoms with Gasteiger partial charge in [0.2, 0.25) is 0 Å². The highest BCUT2D eigenvalue weighted by Crippen LogP contribution is 2.10. The van der Waals surface area contributed by atoms with Gasteiger partial charge in [0.05, 0.1) is 0 Å². The third-order valence-corrected chi connectivity index (χ3v) is 3.40. The van der Waals surface area contributed by atoms with E-state index in [1.165, 1.54) is 11.1 Å². The molecule has 1 heteroatoms. The predicted octanol–water partition coefficient (Wildman–Crippen LogP) is 3.75. The van der Waals surface area contributed by atoms with E-state index in [9.17, 15) is 0 Å². The minimum absolute atomic E-state index is 0.549. The molecule has 0 aromatic heterocycles. The monoisotopic (exact) mass is 239 g/mol. The summed E-state index contributed by atoms with van der Waals surface area (Å²) in [6.45, 7) is 3.30. The van der Waals surface area contributed by atoms with Crippen molar-refractivity contribution in [2.45, 2.75) is 25.9 Å². The fraction of sp³-hybridized carbons (Fsp3) is 0.294. The molecule has 1 atom stereocenters. The summed E-state index contributed by atoms with van der Waals surface area (Å²) in [5.74, 6) is 0. The van der Waals surface area contributed by atoms with Crippen LogP contribution in [-0.2, 0) is 13.0 Å². The van der Waals surface area contributed by atoms with Gasteiger partial charge in [0.1, 0.15) is 0 Å². The Bertz CT molecular complexity index is 404. The van der Waals surface area contributed by atoms with Gasteiger partial charge < -0.3 is 0 Å². The normalized spacial score (nSPS) is 12.6. The molecule has 0 radical (unpaired) electrons. The zero-order valence-electron chi connectivity index (χ0n) is 11.2. The van der Waals surface area contributed by atoms with Crippen molar-refractivity contribution in [3.8, 4) is 0 Å². The summed E-state index contributed by atoms with van der Waals surface area (Å²) in [7, 11) is 2.20. The highest BCUT2D eigenvalue weighted by atomic mass is 15.1. The second kappa shape index (κ2) is 6.36. The summed E-state index contributed by atoms with van der Waals surface area (Å²) >= 11 is 0. The maximum absolute atomic E-state index is 2.41. The molecule has 0 saturated heterocycles. The van der Waals surface area contributed by atoms with Gasteiger partial charge in [-0.25, -0.2) is 0 Å². The molecule has 0 heterocycles. The molecule has 0 aliphatic rings. The van der Waals surface area contributed by atoms with Gasteiger partial charge in [0, 0.05) is 12.6 Å². The molecule has 0 N–H and O–H groups in total. The molecule has 2 rings (SSSR count). The van der Waals surface area contributed by atoms with Crippen molar-refractivity contribution in [2.24, 2.45) is 0 Å². The SMILES string of the molecule is C[C@H](Cc1ccccc1)N(C)Cc1ccccc1. The average molecular weight is 239 g/mol. The summed E-state index contributed by atoms with van der Waals surface area (Å²) in [4.78, 5) is 2.41. The number of nitrogens with zero attached hydrogens (tertiary/aromatic N) is 1. The number of hydrogen-bond acceptors (Lipinski definition) is 1. The summed E-state index contributed by atoms with van der Waals surface area (Å²) in [5.41, 5.74) is 2.78. The van der Waals surface area contributed by atoms with Crippen LogP contribution in [0.25, 0.3) is 0 Å². The van der Waals surface area contributed by atoms with Crippen LogP contribution in [0, 0.1) is 0 Å². The van der Waals surface area contributed by atoms with Crippen LogP contribution < -0.4 is 0 Å². The van der Waals surface area contributed by atoms with Crippen molar-refractivity contribution in [3.63, 3.8) is 0 Å². The van der Waals surface area contributed by atoms with E-state index in [0.29, 0.717) is 6.04 Å². The van der Waals surface area contributed by atoms with Gasteiger partial charge in [0.25, 0.3) is 0 Å². The van der Waals surface area contributed by atoms with E-state index in [0.717, 1.165) is 13.0 Å². The molecule has 2 aromatic rings. The second-order valence-electron chi connectivity index (χ2n) is 4.94. The van der Waals surface area contributed by atoms with Crippen LogP contribution in [-0.4, -0.2) is 18.0 Å². The van der Waals surface area contributed by atoms with Gasteiger partial charge in [0.15, 0.2) is 0 Å². The Kier molecular flexibility index (Phi) is 4.54. The molecule has 0 aliphatic carbocycles. The van der Waals surface area contributed by atoms with Gasteiger partial charge in [-0.05, 0) is 31.5 Å². The Morgan fingerprint density at radius 2 is 1.33 bits per heavy atom. The minimum Gasteiger partial charge on any atom is -0.299 e. The molecule has 0 spiro atoms. The maximum Gasteiger partial charge on any atom is 0.0233 e. The summed E-state index contributed by atoms with van der Waals surface area (Å²) in [6, 6.07) is 21.9. The molecular weight excluding hydrogens is 218 g/mol. The van der Waals surface area contributed by atoms with Crippen LogP contribution in [0.15, 0.2) is 60.7 Å². The third kappa shape index (κ3) is 3.71. The van der Waals surface area contributed by atoms with E-state index >= 15 is 0 Å². The second-order valence-corrected chi connectivity index (χ2v) is 4.94. The molecule has 0 unspecified atom stereocenters. The van der Waals surface area contributed by atoms with Gasteiger partial charge >= 0.3 is 0 Å². The lowest BCUT2D eigenvalue weighted by molar-refractivity contribution is 0.248. The standard InChI is InChI=1S/C17H21N/c1-15(13-16-9-5-3-6-10-16)18(2)14-17-11-7-4-8-12-17/h3-12,15H,13-14H2,1-2H3/t15-/m1/s1. The van der Waals surface area contributed by atoms with Crippen LogP contribution in [0.2, 0.25) is 0 Å². The molecule has 94 valence electrons. The molecule has 0 amide bonds. The summed E-state index contributed by atoms with van der Waals surface area (Å²) in [6.07, 6.45) is 1.10. The topological polar surface area (TPSA) is 3.24 Å². The minimum atomic E-state index is 0.549. The van der Waals surface area contributed by atoms with Crippen LogP contribution in [0.4, 0.5) is 0 Å². The van der Waals surface area contributed by atoms with Gasteiger partial charge in [-0.15, -0.1) is 0 Å². The van der Waals surface area contributed by atoms with Crippen molar-refractivity contribution in [1.82, 2.24) is 4.90 Å². The summed E-state index contributed by atoms with van der Waals surface area (Å²) in [5, 5.41) is 0.